The molecule has 0 unspecified atom stereocenters. The average Bonchev–Trinajstić information content (AvgIpc) is 2.41. The van der Waals surface area contributed by atoms with Gasteiger partial charge in [0.2, 0.25) is 0 Å². The van der Waals surface area contributed by atoms with Gasteiger partial charge in [-0.15, -0.1) is 0 Å². The Morgan fingerprint density at radius 1 is 1.28 bits per heavy atom. The Hall–Kier alpha value is -2.47. The fourth-order valence-corrected chi connectivity index (χ4v) is 1.54. The van der Waals surface area contributed by atoms with E-state index in [9.17, 15) is 9.59 Å². The van der Waals surface area contributed by atoms with Crippen LogP contribution >= 0.6 is 0 Å². The van der Waals surface area contributed by atoms with Crippen LogP contribution in [0.4, 0.5) is 0 Å². The maximum atomic E-state index is 11.5. The summed E-state index contributed by atoms with van der Waals surface area (Å²) in [6.07, 6.45) is 2.93. The molecule has 3 N–H and O–H groups in total. The van der Waals surface area contributed by atoms with Crippen LogP contribution in [0, 0.1) is 0 Å². The summed E-state index contributed by atoms with van der Waals surface area (Å²) in [5.74, 6) is 4.69. The largest absolute Gasteiger partial charge is 0.295 e. The van der Waals surface area contributed by atoms with Crippen molar-refractivity contribution in [3.8, 4) is 0 Å². The Kier molecular flexibility index (Phi) is 3.49. The third-order valence-electron chi connectivity index (χ3n) is 2.49. The van der Waals surface area contributed by atoms with Crippen molar-refractivity contribution in [3.63, 3.8) is 0 Å². The third kappa shape index (κ3) is 2.61. The van der Waals surface area contributed by atoms with E-state index in [-0.39, 0.29) is 11.5 Å². The molecule has 0 fully saturated rings. The Morgan fingerprint density at radius 2 is 2.00 bits per heavy atom. The molecule has 0 saturated heterocycles. The number of amides is 1. The third-order valence-corrected chi connectivity index (χ3v) is 2.49. The molecule has 0 aliphatic heterocycles. The highest BCUT2D eigenvalue weighted by Gasteiger charge is 2.03. The number of nitrogens with two attached hydrogens (primary N) is 1. The topological polar surface area (TPSA) is 90.0 Å². The van der Waals surface area contributed by atoms with Gasteiger partial charge in [0.25, 0.3) is 11.5 Å². The van der Waals surface area contributed by atoms with E-state index in [0.717, 1.165) is 5.56 Å². The fraction of sp³-hybridized carbons (Fsp3) is 0.0833. The van der Waals surface area contributed by atoms with E-state index in [1.165, 1.54) is 23.2 Å². The molecule has 0 radical (unpaired) electrons. The van der Waals surface area contributed by atoms with Crippen LogP contribution < -0.4 is 16.8 Å². The molecule has 6 nitrogen and oxygen atoms in total. The predicted molar refractivity (Wildman–Crippen MR) is 65.7 cm³/mol. The number of hydrazine groups is 1. The maximum absolute atomic E-state index is 11.5. The lowest BCUT2D eigenvalue weighted by Gasteiger charge is -2.05. The zero-order valence-corrected chi connectivity index (χ0v) is 9.54. The number of benzene rings is 1. The maximum Gasteiger partial charge on any atom is 0.265 e. The summed E-state index contributed by atoms with van der Waals surface area (Å²) in [6, 6.07) is 8.24. The van der Waals surface area contributed by atoms with E-state index >= 15 is 0 Å². The van der Waals surface area contributed by atoms with Crippen LogP contribution in [0.3, 0.4) is 0 Å². The molecule has 1 aromatic carbocycles. The molecule has 2 aromatic rings. The number of nitrogens with one attached hydrogen (secondary N) is 1. The van der Waals surface area contributed by atoms with Crippen LogP contribution in [0.2, 0.25) is 0 Å². The minimum atomic E-state index is -0.347. The van der Waals surface area contributed by atoms with Gasteiger partial charge in [0.15, 0.2) is 0 Å². The molecule has 0 aliphatic rings. The lowest BCUT2D eigenvalue weighted by atomic mass is 10.1. The molecular weight excluding hydrogens is 232 g/mol. The Bertz CT molecular complexity index is 604. The van der Waals surface area contributed by atoms with Gasteiger partial charge in [0, 0.05) is 17.8 Å². The van der Waals surface area contributed by atoms with Crippen molar-refractivity contribution in [2.45, 2.75) is 6.54 Å². The molecule has 2 rings (SSSR count). The van der Waals surface area contributed by atoms with Crippen LogP contribution in [0.15, 0.2) is 47.7 Å². The van der Waals surface area contributed by atoms with Gasteiger partial charge >= 0.3 is 0 Å². The quantitative estimate of drug-likeness (QED) is 0.448. The van der Waals surface area contributed by atoms with E-state index in [1.807, 2.05) is 0 Å². The molecule has 18 heavy (non-hydrogen) atoms. The fourth-order valence-electron chi connectivity index (χ4n) is 1.54. The Labute approximate surface area is 103 Å². The van der Waals surface area contributed by atoms with E-state index in [0.29, 0.717) is 12.1 Å². The number of hydrogen-bond acceptors (Lipinski definition) is 4. The zero-order valence-electron chi connectivity index (χ0n) is 9.54. The van der Waals surface area contributed by atoms with Gasteiger partial charge in [-0.3, -0.25) is 19.6 Å². The standard InChI is InChI=1S/C12H12N4O2/c13-15-12(18)10-3-1-9(2-4-10)7-16-8-14-6-5-11(16)17/h1-6,8H,7,13H2,(H,15,18). The monoisotopic (exact) mass is 244 g/mol. The van der Waals surface area contributed by atoms with Crippen molar-refractivity contribution in [1.82, 2.24) is 15.0 Å². The summed E-state index contributed by atoms with van der Waals surface area (Å²) in [6.45, 7) is 0.414. The highest BCUT2D eigenvalue weighted by Crippen LogP contribution is 2.05. The number of rotatable bonds is 3. The number of nitrogen functional groups attached to an aromatic ring is 1. The molecule has 0 spiro atoms. The molecule has 0 bridgehead atoms. The molecular formula is C12H12N4O2. The van der Waals surface area contributed by atoms with Gasteiger partial charge in [0.05, 0.1) is 12.9 Å². The Balaban J connectivity index is 2.19. The highest BCUT2D eigenvalue weighted by atomic mass is 16.2. The first-order valence-corrected chi connectivity index (χ1v) is 5.31. The van der Waals surface area contributed by atoms with Gasteiger partial charge in [-0.05, 0) is 17.7 Å². The molecule has 0 saturated carbocycles. The minimum Gasteiger partial charge on any atom is -0.295 e. The molecule has 1 heterocycles. The second-order valence-corrected chi connectivity index (χ2v) is 3.72. The minimum absolute atomic E-state index is 0.117. The van der Waals surface area contributed by atoms with Gasteiger partial charge in [0.1, 0.15) is 0 Å². The molecule has 92 valence electrons. The van der Waals surface area contributed by atoms with Crippen LogP contribution in [0.25, 0.3) is 0 Å². The van der Waals surface area contributed by atoms with Crippen molar-refractivity contribution in [2.24, 2.45) is 5.84 Å². The number of aromatic nitrogens is 2. The second kappa shape index (κ2) is 5.24. The van der Waals surface area contributed by atoms with Crippen molar-refractivity contribution < 1.29 is 4.79 Å². The van der Waals surface area contributed by atoms with Crippen molar-refractivity contribution in [3.05, 3.63) is 64.3 Å². The lowest BCUT2D eigenvalue weighted by Crippen LogP contribution is -2.29. The molecule has 1 aromatic heterocycles. The number of nitrogens with zero attached hydrogens (tertiary/aromatic N) is 2. The first-order valence-electron chi connectivity index (χ1n) is 5.31. The smallest absolute Gasteiger partial charge is 0.265 e. The average molecular weight is 244 g/mol. The van der Waals surface area contributed by atoms with Gasteiger partial charge in [-0.25, -0.2) is 10.8 Å². The van der Waals surface area contributed by atoms with E-state index in [2.05, 4.69) is 10.4 Å². The molecule has 1 amide bonds. The van der Waals surface area contributed by atoms with Crippen molar-refractivity contribution >= 4 is 5.91 Å². The molecule has 0 atom stereocenters. The first-order chi connectivity index (χ1) is 8.70. The zero-order chi connectivity index (χ0) is 13.0. The van der Waals surface area contributed by atoms with Crippen LogP contribution in [-0.2, 0) is 6.54 Å². The summed E-state index contributed by atoms with van der Waals surface area (Å²) >= 11 is 0. The van der Waals surface area contributed by atoms with Gasteiger partial charge < -0.3 is 0 Å². The van der Waals surface area contributed by atoms with Crippen LogP contribution in [0.1, 0.15) is 15.9 Å². The summed E-state index contributed by atoms with van der Waals surface area (Å²) in [7, 11) is 0. The van der Waals surface area contributed by atoms with Crippen molar-refractivity contribution in [1.29, 1.82) is 0 Å². The van der Waals surface area contributed by atoms with Crippen LogP contribution in [0.5, 0.6) is 0 Å². The summed E-state index contributed by atoms with van der Waals surface area (Å²) in [5.41, 5.74) is 3.31. The number of carbonyl (C=O) groups is 1. The van der Waals surface area contributed by atoms with E-state index in [1.54, 1.807) is 24.3 Å². The lowest BCUT2D eigenvalue weighted by molar-refractivity contribution is 0.0953. The molecule has 6 heteroatoms. The van der Waals surface area contributed by atoms with Gasteiger partial charge in [-0.2, -0.15) is 0 Å². The van der Waals surface area contributed by atoms with Crippen LogP contribution in [-0.4, -0.2) is 15.5 Å². The Morgan fingerprint density at radius 3 is 2.61 bits per heavy atom. The van der Waals surface area contributed by atoms with Crippen molar-refractivity contribution in [2.75, 3.05) is 0 Å². The predicted octanol–water partition coefficient (Wildman–Crippen LogP) is -0.105. The highest BCUT2D eigenvalue weighted by molar-refractivity contribution is 5.93. The normalized spacial score (nSPS) is 10.1. The SMILES string of the molecule is NNC(=O)c1ccc(Cn2cnccc2=O)cc1. The van der Waals surface area contributed by atoms with E-state index < -0.39 is 0 Å². The summed E-state index contributed by atoms with van der Waals surface area (Å²) in [5, 5.41) is 0. The summed E-state index contributed by atoms with van der Waals surface area (Å²) in [4.78, 5) is 26.6. The first kappa shape index (κ1) is 12.0. The molecule has 0 aliphatic carbocycles. The number of hydrogen-bond donors (Lipinski definition) is 2. The van der Waals surface area contributed by atoms with E-state index in [4.69, 9.17) is 5.84 Å². The van der Waals surface area contributed by atoms with Gasteiger partial charge in [-0.1, -0.05) is 12.1 Å². The number of carbonyl (C=O) groups excluding carboxylic acids is 1. The second-order valence-electron chi connectivity index (χ2n) is 3.72. The summed E-state index contributed by atoms with van der Waals surface area (Å²) < 4.78 is 1.48.